The van der Waals surface area contributed by atoms with E-state index in [2.05, 4.69) is 10.3 Å². The van der Waals surface area contributed by atoms with Gasteiger partial charge in [-0.15, -0.1) is 0 Å². The van der Waals surface area contributed by atoms with Crippen LogP contribution in [-0.4, -0.2) is 63.9 Å². The Morgan fingerprint density at radius 2 is 1.81 bits per heavy atom. The fourth-order valence-corrected chi connectivity index (χ4v) is 7.01. The molecule has 3 N–H and O–H groups in total. The van der Waals surface area contributed by atoms with Gasteiger partial charge in [-0.25, -0.2) is 23.4 Å². The highest BCUT2D eigenvalue weighted by atomic mass is 32.2. The lowest BCUT2D eigenvalue weighted by Gasteiger charge is -2.35. The van der Waals surface area contributed by atoms with E-state index in [-0.39, 0.29) is 39.9 Å². The van der Waals surface area contributed by atoms with E-state index in [4.69, 9.17) is 20.1 Å². The van der Waals surface area contributed by atoms with Gasteiger partial charge in [-0.05, 0) is 66.3 Å². The minimum Gasteiger partial charge on any atom is -0.493 e. The molecular formula is C33H36FN5O7S. The Labute approximate surface area is 272 Å². The number of hydrogen-bond acceptors (Lipinski definition) is 10. The standard InChI is InChI=1S/C33H36FN5O7S/c1-5-47(42,43)30-11-9-22(37-33(41)46-4)16-25(30)27-7-6-14-38(27)32(40)31(24-17-28(44-2)29(45-3)18-26(24)34)39(35)23-10-8-21-19-36-13-12-20(21)15-23/h8-13,15-19,27,31H,5-7,14,35H2,1-4H3,(H,37,41)/t27-,31-/m1/s1. The maximum Gasteiger partial charge on any atom is 0.411 e. The molecule has 4 aromatic rings. The number of rotatable bonds is 10. The van der Waals surface area contributed by atoms with Crippen molar-refractivity contribution in [3.63, 3.8) is 0 Å². The van der Waals surface area contributed by atoms with Crippen LogP contribution in [-0.2, 0) is 19.4 Å². The summed E-state index contributed by atoms with van der Waals surface area (Å²) < 4.78 is 57.9. The number of nitrogens with zero attached hydrogens (tertiary/aromatic N) is 3. The summed E-state index contributed by atoms with van der Waals surface area (Å²) >= 11 is 0. The number of aromatic nitrogens is 1. The molecule has 3 aromatic carbocycles. The second-order valence-electron chi connectivity index (χ2n) is 10.9. The topological polar surface area (TPSA) is 153 Å². The Bertz CT molecular complexity index is 1920. The molecule has 0 aliphatic carbocycles. The average Bonchev–Trinajstić information content (AvgIpc) is 3.58. The Balaban J connectivity index is 1.65. The second-order valence-corrected chi connectivity index (χ2v) is 13.2. The molecule has 0 bridgehead atoms. The maximum atomic E-state index is 15.9. The molecule has 5 rings (SSSR count). The first-order chi connectivity index (χ1) is 22.5. The van der Waals surface area contributed by atoms with Crippen molar-refractivity contribution in [1.82, 2.24) is 9.88 Å². The molecule has 1 aromatic heterocycles. The average molecular weight is 666 g/mol. The third-order valence-corrected chi connectivity index (χ3v) is 10.1. The van der Waals surface area contributed by atoms with E-state index < -0.39 is 39.7 Å². The normalized spacial score (nSPS) is 15.3. The zero-order valence-electron chi connectivity index (χ0n) is 26.4. The maximum absolute atomic E-state index is 15.9. The molecule has 2 atom stereocenters. The highest BCUT2D eigenvalue weighted by Crippen LogP contribution is 2.42. The number of amides is 2. The van der Waals surface area contributed by atoms with Crippen molar-refractivity contribution in [2.24, 2.45) is 5.84 Å². The number of hydrazine groups is 1. The van der Waals surface area contributed by atoms with E-state index in [9.17, 15) is 18.0 Å². The predicted octanol–water partition coefficient (Wildman–Crippen LogP) is 5.15. The van der Waals surface area contributed by atoms with Gasteiger partial charge in [0.05, 0.1) is 43.7 Å². The molecule has 0 unspecified atom stereocenters. The molecule has 248 valence electrons. The van der Waals surface area contributed by atoms with Gasteiger partial charge >= 0.3 is 6.09 Å². The molecule has 1 saturated heterocycles. The number of fused-ring (bicyclic) bond motifs is 1. The number of methoxy groups -OCH3 is 3. The molecule has 12 nitrogen and oxygen atoms in total. The molecule has 1 fully saturated rings. The van der Waals surface area contributed by atoms with E-state index in [1.807, 2.05) is 0 Å². The van der Waals surface area contributed by atoms with E-state index >= 15 is 4.39 Å². The molecule has 1 aliphatic rings. The van der Waals surface area contributed by atoms with E-state index in [0.29, 0.717) is 24.1 Å². The van der Waals surface area contributed by atoms with Gasteiger partial charge < -0.3 is 19.1 Å². The van der Waals surface area contributed by atoms with Crippen molar-refractivity contribution >= 4 is 44.0 Å². The summed E-state index contributed by atoms with van der Waals surface area (Å²) in [4.78, 5) is 32.4. The van der Waals surface area contributed by atoms with Crippen molar-refractivity contribution in [3.8, 4) is 11.5 Å². The lowest BCUT2D eigenvalue weighted by molar-refractivity contribution is -0.134. The van der Waals surface area contributed by atoms with Crippen LogP contribution in [0, 0.1) is 5.82 Å². The van der Waals surface area contributed by atoms with Gasteiger partial charge in [-0.2, -0.15) is 0 Å². The molecule has 0 saturated carbocycles. The molecule has 47 heavy (non-hydrogen) atoms. The number of ether oxygens (including phenoxy) is 3. The smallest absolute Gasteiger partial charge is 0.411 e. The molecule has 1 aliphatic heterocycles. The summed E-state index contributed by atoms with van der Waals surface area (Å²) in [6, 6.07) is 11.8. The third-order valence-electron chi connectivity index (χ3n) is 8.28. The Morgan fingerprint density at radius 1 is 1.06 bits per heavy atom. The lowest BCUT2D eigenvalue weighted by atomic mass is 9.99. The Kier molecular flexibility index (Phi) is 9.82. The first kappa shape index (κ1) is 33.4. The largest absolute Gasteiger partial charge is 0.493 e. The van der Waals surface area contributed by atoms with Gasteiger partial charge in [-0.1, -0.05) is 13.0 Å². The van der Waals surface area contributed by atoms with Crippen LogP contribution in [0.15, 0.2) is 71.9 Å². The van der Waals surface area contributed by atoms with Crippen molar-refractivity contribution in [3.05, 3.63) is 83.9 Å². The quantitative estimate of drug-likeness (QED) is 0.172. The minimum absolute atomic E-state index is 0.0294. The number of pyridine rings is 1. The highest BCUT2D eigenvalue weighted by Gasteiger charge is 2.40. The van der Waals surface area contributed by atoms with Gasteiger partial charge in [0.2, 0.25) is 0 Å². The number of likely N-dealkylation sites (tertiary alicyclic amines) is 1. The molecular weight excluding hydrogens is 629 g/mol. The van der Waals surface area contributed by atoms with Crippen LogP contribution in [0.25, 0.3) is 10.8 Å². The van der Waals surface area contributed by atoms with E-state index in [1.165, 1.54) is 62.4 Å². The van der Waals surface area contributed by atoms with E-state index in [1.54, 1.807) is 36.7 Å². The minimum atomic E-state index is -3.75. The number of carbonyl (C=O) groups excluding carboxylic acids is 2. The van der Waals surface area contributed by atoms with Crippen molar-refractivity contribution < 1.29 is 36.6 Å². The van der Waals surface area contributed by atoms with Crippen molar-refractivity contribution in [2.45, 2.75) is 36.7 Å². The van der Waals surface area contributed by atoms with Crippen LogP contribution in [0.3, 0.4) is 0 Å². The van der Waals surface area contributed by atoms with Crippen LogP contribution in [0.1, 0.15) is 43.0 Å². The summed E-state index contributed by atoms with van der Waals surface area (Å²) in [5.74, 6) is 5.55. The number of nitrogens with one attached hydrogen (secondary N) is 1. The van der Waals surface area contributed by atoms with Crippen molar-refractivity contribution in [2.75, 3.05) is 44.0 Å². The first-order valence-electron chi connectivity index (χ1n) is 14.8. The summed E-state index contributed by atoms with van der Waals surface area (Å²) in [6.07, 6.45) is 3.52. The molecule has 14 heteroatoms. The lowest BCUT2D eigenvalue weighted by Crippen LogP contribution is -2.46. The van der Waals surface area contributed by atoms with Gasteiger partial charge in [0.15, 0.2) is 27.4 Å². The van der Waals surface area contributed by atoms with Crippen LogP contribution < -0.4 is 25.6 Å². The van der Waals surface area contributed by atoms with Gasteiger partial charge in [0.1, 0.15) is 5.82 Å². The fourth-order valence-electron chi connectivity index (χ4n) is 5.87. The predicted molar refractivity (Wildman–Crippen MR) is 175 cm³/mol. The fraction of sp³-hybridized carbons (Fsp3) is 0.303. The first-order valence-corrected chi connectivity index (χ1v) is 16.5. The number of benzene rings is 3. The summed E-state index contributed by atoms with van der Waals surface area (Å²) in [7, 11) is 0.228. The highest BCUT2D eigenvalue weighted by molar-refractivity contribution is 7.91. The molecule has 0 spiro atoms. The summed E-state index contributed by atoms with van der Waals surface area (Å²) in [5, 5.41) is 5.40. The number of anilines is 2. The van der Waals surface area contributed by atoms with Gasteiger partial charge in [0, 0.05) is 41.6 Å². The number of hydrogen-bond donors (Lipinski definition) is 2. The number of halogens is 1. The van der Waals surface area contributed by atoms with Crippen LogP contribution in [0.5, 0.6) is 11.5 Å². The monoisotopic (exact) mass is 665 g/mol. The number of carbonyl (C=O) groups is 2. The van der Waals surface area contributed by atoms with E-state index in [0.717, 1.165) is 16.8 Å². The molecule has 0 radical (unpaired) electrons. The van der Waals surface area contributed by atoms with Gasteiger partial charge in [-0.3, -0.25) is 20.1 Å². The second kappa shape index (κ2) is 13.8. The van der Waals surface area contributed by atoms with Crippen LogP contribution in [0.2, 0.25) is 0 Å². The van der Waals surface area contributed by atoms with Crippen molar-refractivity contribution in [1.29, 1.82) is 0 Å². The Hall–Kier alpha value is -4.95. The Morgan fingerprint density at radius 3 is 2.51 bits per heavy atom. The summed E-state index contributed by atoms with van der Waals surface area (Å²) in [6.45, 7) is 1.77. The summed E-state index contributed by atoms with van der Waals surface area (Å²) in [5.41, 5.74) is 0.957. The zero-order chi connectivity index (χ0) is 33.9. The van der Waals surface area contributed by atoms with Crippen LogP contribution in [0.4, 0.5) is 20.6 Å². The molecule has 2 heterocycles. The number of nitrogens with two attached hydrogens (primary N) is 1. The third kappa shape index (κ3) is 6.65. The molecule has 2 amide bonds. The zero-order valence-corrected chi connectivity index (χ0v) is 27.2. The number of sulfone groups is 1. The SMILES string of the molecule is CCS(=O)(=O)c1ccc(NC(=O)OC)cc1[C@H]1CCCN1C(=O)[C@@H](c1cc(OC)c(OC)cc1F)N(N)c1ccc2cnccc2c1. The van der Waals surface area contributed by atoms with Gasteiger partial charge in [0.25, 0.3) is 5.91 Å². The van der Waals surface area contributed by atoms with Crippen LogP contribution >= 0.6 is 0 Å².